The Balaban J connectivity index is 1.36. The van der Waals surface area contributed by atoms with Gasteiger partial charge in [0, 0.05) is 24.0 Å². The van der Waals surface area contributed by atoms with E-state index >= 15 is 0 Å². The number of aromatic nitrogens is 3. The minimum absolute atomic E-state index is 0.0707. The minimum atomic E-state index is -3.85. The molecule has 2 heterocycles. The van der Waals surface area contributed by atoms with Crippen LogP contribution >= 0.6 is 11.6 Å². The molecule has 1 saturated carbocycles. The summed E-state index contributed by atoms with van der Waals surface area (Å²) in [5, 5.41) is 7.64. The zero-order valence-electron chi connectivity index (χ0n) is 21.4. The number of sulfonamides is 1. The lowest BCUT2D eigenvalue weighted by Crippen LogP contribution is -2.41. The smallest absolute Gasteiger partial charge is 0.261 e. The molecule has 11 nitrogen and oxygen atoms in total. The molecule has 206 valence electrons. The van der Waals surface area contributed by atoms with Crippen LogP contribution < -0.4 is 10.0 Å². The van der Waals surface area contributed by atoms with Crippen molar-refractivity contribution in [1.82, 2.24) is 19.7 Å². The van der Waals surface area contributed by atoms with Crippen molar-refractivity contribution in [2.24, 2.45) is 0 Å². The molecule has 0 unspecified atom stereocenters. The summed E-state index contributed by atoms with van der Waals surface area (Å²) in [5.74, 6) is -0.819. The largest absolute Gasteiger partial charge is 0.329 e. The van der Waals surface area contributed by atoms with E-state index in [0.717, 1.165) is 12.8 Å². The number of carbonyl (C=O) groups excluding carboxylic acids is 3. The number of ketones is 1. The topological polar surface area (TPSA) is 143 Å². The van der Waals surface area contributed by atoms with Crippen molar-refractivity contribution in [3.8, 4) is 0 Å². The van der Waals surface area contributed by atoms with E-state index in [4.69, 9.17) is 11.6 Å². The Bertz CT molecular complexity index is 1720. The zero-order valence-corrected chi connectivity index (χ0v) is 22.9. The molecule has 2 aromatic heterocycles. The van der Waals surface area contributed by atoms with Gasteiger partial charge in [0.1, 0.15) is 29.8 Å². The van der Waals surface area contributed by atoms with E-state index in [1.54, 1.807) is 48.5 Å². The Morgan fingerprint density at radius 1 is 1.05 bits per heavy atom. The highest BCUT2D eigenvalue weighted by Gasteiger charge is 2.34. The van der Waals surface area contributed by atoms with Gasteiger partial charge in [0.15, 0.2) is 5.78 Å². The molecule has 4 aromatic rings. The summed E-state index contributed by atoms with van der Waals surface area (Å²) in [5.41, 5.74) is 0.825. The van der Waals surface area contributed by atoms with Gasteiger partial charge in [-0.15, -0.1) is 0 Å². The number of pyridine rings is 1. The van der Waals surface area contributed by atoms with Crippen LogP contribution in [-0.2, 0) is 26.2 Å². The number of carbonyl (C=O) groups is 3. The minimum Gasteiger partial charge on any atom is -0.329 e. The van der Waals surface area contributed by atoms with Crippen LogP contribution in [0.5, 0.6) is 0 Å². The normalized spacial score (nSPS) is 13.2. The van der Waals surface area contributed by atoms with Gasteiger partial charge in [0.05, 0.1) is 10.4 Å². The molecule has 0 spiro atoms. The number of nitrogens with one attached hydrogen (secondary N) is 2. The molecule has 2 N–H and O–H groups in total. The third-order valence-electron chi connectivity index (χ3n) is 6.28. The van der Waals surface area contributed by atoms with E-state index in [2.05, 4.69) is 20.1 Å². The first-order valence-electron chi connectivity index (χ1n) is 12.4. The predicted octanol–water partition coefficient (Wildman–Crippen LogP) is 3.72. The van der Waals surface area contributed by atoms with Crippen molar-refractivity contribution >= 4 is 61.6 Å². The van der Waals surface area contributed by atoms with E-state index in [0.29, 0.717) is 10.9 Å². The van der Waals surface area contributed by atoms with Gasteiger partial charge in [-0.2, -0.15) is 5.10 Å². The molecule has 0 aliphatic heterocycles. The molecule has 40 heavy (non-hydrogen) atoms. The average molecular weight is 581 g/mol. The summed E-state index contributed by atoms with van der Waals surface area (Å²) in [7, 11) is -3.85. The van der Waals surface area contributed by atoms with E-state index < -0.39 is 15.9 Å². The van der Waals surface area contributed by atoms with E-state index in [1.807, 2.05) is 0 Å². The molecular formula is C27H25ClN6O5S. The van der Waals surface area contributed by atoms with Crippen LogP contribution in [0.15, 0.2) is 71.6 Å². The number of Topliss-reactive ketones (excluding diaryl/α,β-unsaturated/α-hetero) is 1. The molecule has 0 radical (unpaired) electrons. The molecule has 1 aliphatic rings. The standard InChI is InChI=1S/C27H25ClN6O5S/c1-17(35)27-21-14-18(32-40(38,39)20-6-3-2-4-7-20)10-13-22(21)34(31-27)16-26(37)33(19-11-12-19)15-25(36)30-24-9-5-8-23(28)29-24/h2-10,13-14,19,32H,11-12,15-16H2,1H3,(H,29,30,36). The van der Waals surface area contributed by atoms with Crippen LogP contribution in [0.1, 0.15) is 30.3 Å². The summed E-state index contributed by atoms with van der Waals surface area (Å²) >= 11 is 5.88. The molecule has 13 heteroatoms. The maximum Gasteiger partial charge on any atom is 0.261 e. The molecule has 1 fully saturated rings. The third-order valence-corrected chi connectivity index (χ3v) is 7.89. The second-order valence-electron chi connectivity index (χ2n) is 9.36. The van der Waals surface area contributed by atoms with Crippen molar-refractivity contribution in [2.45, 2.75) is 37.2 Å². The van der Waals surface area contributed by atoms with E-state index in [-0.39, 0.29) is 58.1 Å². The fraction of sp³-hybridized carbons (Fsp3) is 0.222. The molecule has 0 atom stereocenters. The second kappa shape index (κ2) is 11.1. The molecule has 0 bridgehead atoms. The maximum atomic E-state index is 13.3. The summed E-state index contributed by atoms with van der Waals surface area (Å²) in [6.45, 7) is 0.958. The van der Waals surface area contributed by atoms with Gasteiger partial charge in [-0.3, -0.25) is 23.8 Å². The number of anilines is 2. The van der Waals surface area contributed by atoms with Crippen LogP contribution in [0.25, 0.3) is 10.9 Å². The summed E-state index contributed by atoms with van der Waals surface area (Å²) in [6, 6.07) is 17.3. The maximum absolute atomic E-state index is 13.3. The van der Waals surface area contributed by atoms with Crippen molar-refractivity contribution < 1.29 is 22.8 Å². The predicted molar refractivity (Wildman–Crippen MR) is 150 cm³/mol. The van der Waals surface area contributed by atoms with Crippen molar-refractivity contribution in [3.63, 3.8) is 0 Å². The lowest BCUT2D eigenvalue weighted by molar-refractivity contribution is -0.135. The van der Waals surface area contributed by atoms with Gasteiger partial charge >= 0.3 is 0 Å². The summed E-state index contributed by atoms with van der Waals surface area (Å²) < 4.78 is 29.5. The van der Waals surface area contributed by atoms with Crippen LogP contribution in [0.4, 0.5) is 11.5 Å². The molecule has 1 aliphatic carbocycles. The van der Waals surface area contributed by atoms with Crippen LogP contribution in [0.2, 0.25) is 5.15 Å². The highest BCUT2D eigenvalue weighted by atomic mass is 35.5. The average Bonchev–Trinajstić information content (AvgIpc) is 3.69. The number of halogens is 1. The highest BCUT2D eigenvalue weighted by molar-refractivity contribution is 7.92. The SMILES string of the molecule is CC(=O)c1nn(CC(=O)N(CC(=O)Nc2cccc(Cl)n2)C2CC2)c2ccc(NS(=O)(=O)c3ccccc3)cc12. The first-order chi connectivity index (χ1) is 19.1. The second-order valence-corrected chi connectivity index (χ2v) is 11.4. The number of hydrogen-bond acceptors (Lipinski definition) is 7. The number of benzene rings is 2. The summed E-state index contributed by atoms with van der Waals surface area (Å²) in [6.07, 6.45) is 1.55. The van der Waals surface area contributed by atoms with Crippen molar-refractivity contribution in [2.75, 3.05) is 16.6 Å². The van der Waals surface area contributed by atoms with Crippen LogP contribution in [-0.4, -0.2) is 58.3 Å². The first kappa shape index (κ1) is 27.3. The van der Waals surface area contributed by atoms with Gasteiger partial charge in [-0.1, -0.05) is 35.9 Å². The highest BCUT2D eigenvalue weighted by Crippen LogP contribution is 2.29. The van der Waals surface area contributed by atoms with E-state index in [1.165, 1.54) is 34.7 Å². The number of fused-ring (bicyclic) bond motifs is 1. The van der Waals surface area contributed by atoms with Gasteiger partial charge < -0.3 is 10.2 Å². The number of amides is 2. The third kappa shape index (κ3) is 6.13. The van der Waals surface area contributed by atoms with Crippen molar-refractivity contribution in [1.29, 1.82) is 0 Å². The van der Waals surface area contributed by atoms with E-state index in [9.17, 15) is 22.8 Å². The van der Waals surface area contributed by atoms with Gasteiger partial charge in [0.25, 0.3) is 10.0 Å². The molecule has 2 aromatic carbocycles. The van der Waals surface area contributed by atoms with Crippen molar-refractivity contribution in [3.05, 3.63) is 77.6 Å². The quantitative estimate of drug-likeness (QED) is 0.215. The fourth-order valence-corrected chi connectivity index (χ4v) is 5.51. The number of rotatable bonds is 10. The first-order valence-corrected chi connectivity index (χ1v) is 14.3. The molecule has 5 rings (SSSR count). The zero-order chi connectivity index (χ0) is 28.4. The monoisotopic (exact) mass is 580 g/mol. The lowest BCUT2D eigenvalue weighted by atomic mass is 10.1. The van der Waals surface area contributed by atoms with Gasteiger partial charge in [-0.05, 0) is 55.3 Å². The van der Waals surface area contributed by atoms with Gasteiger partial charge in [0.2, 0.25) is 11.8 Å². The molecular weight excluding hydrogens is 556 g/mol. The van der Waals surface area contributed by atoms with Gasteiger partial charge in [-0.25, -0.2) is 13.4 Å². The lowest BCUT2D eigenvalue weighted by Gasteiger charge is -2.22. The Hall–Kier alpha value is -4.29. The number of nitrogens with zero attached hydrogens (tertiary/aromatic N) is 4. The number of hydrogen-bond donors (Lipinski definition) is 2. The molecule has 2 amide bonds. The Labute approximate surface area is 235 Å². The molecule has 0 saturated heterocycles. The Morgan fingerprint density at radius 3 is 2.48 bits per heavy atom. The fourth-order valence-electron chi connectivity index (χ4n) is 4.28. The Morgan fingerprint density at radius 2 is 1.80 bits per heavy atom. The van der Waals surface area contributed by atoms with Crippen LogP contribution in [0.3, 0.4) is 0 Å². The Kier molecular flexibility index (Phi) is 7.55. The van der Waals surface area contributed by atoms with Crippen LogP contribution in [0, 0.1) is 0 Å². The summed E-state index contributed by atoms with van der Waals surface area (Å²) in [4.78, 5) is 44.0.